The van der Waals surface area contributed by atoms with Crippen LogP contribution in [0.25, 0.3) is 0 Å². The van der Waals surface area contributed by atoms with Gasteiger partial charge in [0, 0.05) is 11.6 Å². The van der Waals surface area contributed by atoms with Gasteiger partial charge in [-0.15, -0.1) is 0 Å². The fourth-order valence-electron chi connectivity index (χ4n) is 2.52. The maximum Gasteiger partial charge on any atom is 0.164 e. The van der Waals surface area contributed by atoms with E-state index in [4.69, 9.17) is 9.47 Å². The number of rotatable bonds is 4. The second kappa shape index (κ2) is 5.41. The van der Waals surface area contributed by atoms with Gasteiger partial charge >= 0.3 is 0 Å². The van der Waals surface area contributed by atoms with Crippen molar-refractivity contribution in [3.8, 4) is 11.5 Å². The Morgan fingerprint density at radius 3 is 2.71 bits per heavy atom. The van der Waals surface area contributed by atoms with Crippen LogP contribution in [0.3, 0.4) is 0 Å². The first-order valence-electron chi connectivity index (χ1n) is 6.20. The minimum atomic E-state index is 0.578. The molecule has 3 heteroatoms. The zero-order chi connectivity index (χ0) is 12.3. The molecule has 1 aromatic rings. The lowest BCUT2D eigenvalue weighted by molar-refractivity contribution is 0.350. The first kappa shape index (κ1) is 12.2. The number of aryl methyl sites for hydroxylation is 1. The Kier molecular flexibility index (Phi) is 3.89. The Balaban J connectivity index is 2.29. The van der Waals surface area contributed by atoms with Crippen molar-refractivity contribution in [2.45, 2.75) is 32.2 Å². The molecule has 1 heterocycles. The number of methoxy groups -OCH3 is 2. The molecule has 0 spiro atoms. The molecule has 1 aliphatic rings. The predicted octanol–water partition coefficient (Wildman–Crippen LogP) is 2.31. The fourth-order valence-corrected chi connectivity index (χ4v) is 2.52. The largest absolute Gasteiger partial charge is 0.493 e. The van der Waals surface area contributed by atoms with Crippen molar-refractivity contribution in [2.75, 3.05) is 20.8 Å². The van der Waals surface area contributed by atoms with Gasteiger partial charge in [-0.3, -0.25) is 0 Å². The van der Waals surface area contributed by atoms with E-state index in [1.807, 2.05) is 6.07 Å². The summed E-state index contributed by atoms with van der Waals surface area (Å²) < 4.78 is 10.9. The van der Waals surface area contributed by atoms with Gasteiger partial charge in [-0.25, -0.2) is 0 Å². The highest BCUT2D eigenvalue weighted by Crippen LogP contribution is 2.34. The normalized spacial score (nSPS) is 19.4. The van der Waals surface area contributed by atoms with Crippen LogP contribution in [0.1, 0.15) is 24.0 Å². The number of nitrogens with one attached hydrogen (secondary N) is 1. The third kappa shape index (κ3) is 2.55. The van der Waals surface area contributed by atoms with E-state index in [0.717, 1.165) is 24.5 Å². The van der Waals surface area contributed by atoms with Crippen LogP contribution in [0.2, 0.25) is 0 Å². The van der Waals surface area contributed by atoms with Crippen LogP contribution in [0.4, 0.5) is 0 Å². The monoisotopic (exact) mass is 235 g/mol. The van der Waals surface area contributed by atoms with E-state index in [1.165, 1.54) is 24.0 Å². The second-order valence-electron chi connectivity index (χ2n) is 4.59. The molecule has 0 aliphatic carbocycles. The molecule has 17 heavy (non-hydrogen) atoms. The highest BCUT2D eigenvalue weighted by atomic mass is 16.5. The smallest absolute Gasteiger partial charge is 0.164 e. The van der Waals surface area contributed by atoms with Crippen LogP contribution in [0, 0.1) is 6.92 Å². The van der Waals surface area contributed by atoms with Crippen LogP contribution in [0.15, 0.2) is 12.1 Å². The van der Waals surface area contributed by atoms with Crippen LogP contribution >= 0.6 is 0 Å². The summed E-state index contributed by atoms with van der Waals surface area (Å²) >= 11 is 0. The van der Waals surface area contributed by atoms with Gasteiger partial charge in [0.15, 0.2) is 11.5 Å². The molecule has 2 rings (SSSR count). The summed E-state index contributed by atoms with van der Waals surface area (Å²) in [6.07, 6.45) is 3.54. The third-order valence-electron chi connectivity index (χ3n) is 3.50. The minimum absolute atomic E-state index is 0.578. The number of hydrogen-bond acceptors (Lipinski definition) is 3. The molecule has 94 valence electrons. The van der Waals surface area contributed by atoms with Crippen molar-refractivity contribution in [3.63, 3.8) is 0 Å². The van der Waals surface area contributed by atoms with Gasteiger partial charge in [0.25, 0.3) is 0 Å². The van der Waals surface area contributed by atoms with Crippen LogP contribution < -0.4 is 14.8 Å². The first-order chi connectivity index (χ1) is 8.26. The van der Waals surface area contributed by atoms with E-state index in [2.05, 4.69) is 18.3 Å². The van der Waals surface area contributed by atoms with Gasteiger partial charge in [0.1, 0.15) is 0 Å². The van der Waals surface area contributed by atoms with Crippen molar-refractivity contribution in [3.05, 3.63) is 23.3 Å². The molecule has 0 amide bonds. The molecule has 3 nitrogen and oxygen atoms in total. The maximum absolute atomic E-state index is 5.51. The van der Waals surface area contributed by atoms with Gasteiger partial charge in [0.2, 0.25) is 0 Å². The van der Waals surface area contributed by atoms with Gasteiger partial charge < -0.3 is 14.8 Å². The average molecular weight is 235 g/mol. The molecule has 1 saturated heterocycles. The van der Waals surface area contributed by atoms with Gasteiger partial charge in [-0.1, -0.05) is 6.07 Å². The van der Waals surface area contributed by atoms with Crippen molar-refractivity contribution in [2.24, 2.45) is 0 Å². The van der Waals surface area contributed by atoms with Crippen molar-refractivity contribution >= 4 is 0 Å². The molecule has 1 fully saturated rings. The zero-order valence-corrected chi connectivity index (χ0v) is 10.9. The van der Waals surface area contributed by atoms with Gasteiger partial charge in [-0.2, -0.15) is 0 Å². The lowest BCUT2D eigenvalue weighted by Gasteiger charge is -2.18. The zero-order valence-electron chi connectivity index (χ0n) is 10.9. The molecule has 0 bridgehead atoms. The molecule has 1 aromatic carbocycles. The molecular weight excluding hydrogens is 214 g/mol. The highest BCUT2D eigenvalue weighted by molar-refractivity contribution is 5.50. The Bertz CT molecular complexity index is 384. The number of benzene rings is 1. The third-order valence-corrected chi connectivity index (χ3v) is 3.50. The summed E-state index contributed by atoms with van der Waals surface area (Å²) in [5, 5.41) is 3.52. The Morgan fingerprint density at radius 2 is 2.12 bits per heavy atom. The molecule has 1 N–H and O–H groups in total. The molecule has 1 atom stereocenters. The highest BCUT2D eigenvalue weighted by Gasteiger charge is 2.19. The van der Waals surface area contributed by atoms with E-state index in [9.17, 15) is 0 Å². The number of ether oxygens (including phenoxy) is 2. The minimum Gasteiger partial charge on any atom is -0.493 e. The Labute approximate surface area is 103 Å². The van der Waals surface area contributed by atoms with E-state index >= 15 is 0 Å². The summed E-state index contributed by atoms with van der Waals surface area (Å²) in [6, 6.07) is 4.65. The Hall–Kier alpha value is -1.22. The molecule has 1 aliphatic heterocycles. The lowest BCUT2D eigenvalue weighted by Crippen LogP contribution is -2.24. The fraction of sp³-hybridized carbons (Fsp3) is 0.571. The van der Waals surface area contributed by atoms with Crippen LogP contribution in [-0.4, -0.2) is 26.8 Å². The molecule has 1 unspecified atom stereocenters. The quantitative estimate of drug-likeness (QED) is 0.868. The summed E-state index contributed by atoms with van der Waals surface area (Å²) in [6.45, 7) is 3.27. The molecule has 0 aromatic heterocycles. The molecular formula is C14H21NO2. The van der Waals surface area contributed by atoms with E-state index in [1.54, 1.807) is 14.2 Å². The van der Waals surface area contributed by atoms with E-state index in [-0.39, 0.29) is 0 Å². The SMILES string of the molecule is COc1ccc(C)c(CC2CCCN2)c1OC. The average Bonchev–Trinajstić information content (AvgIpc) is 2.84. The van der Waals surface area contributed by atoms with E-state index in [0.29, 0.717) is 6.04 Å². The van der Waals surface area contributed by atoms with Crippen molar-refractivity contribution < 1.29 is 9.47 Å². The molecule has 0 radical (unpaired) electrons. The topological polar surface area (TPSA) is 30.5 Å². The Morgan fingerprint density at radius 1 is 1.29 bits per heavy atom. The first-order valence-corrected chi connectivity index (χ1v) is 6.20. The number of hydrogen-bond donors (Lipinski definition) is 1. The standard InChI is InChI=1S/C14H21NO2/c1-10-6-7-13(16-2)14(17-3)12(10)9-11-5-4-8-15-11/h6-7,11,15H,4-5,8-9H2,1-3H3. The van der Waals surface area contributed by atoms with Crippen LogP contribution in [-0.2, 0) is 6.42 Å². The van der Waals surface area contributed by atoms with E-state index < -0.39 is 0 Å². The summed E-state index contributed by atoms with van der Waals surface area (Å²) in [5.41, 5.74) is 2.54. The lowest BCUT2D eigenvalue weighted by atomic mass is 9.98. The van der Waals surface area contributed by atoms with Gasteiger partial charge in [-0.05, 0) is 44.4 Å². The summed E-state index contributed by atoms with van der Waals surface area (Å²) in [5.74, 6) is 1.72. The second-order valence-corrected chi connectivity index (χ2v) is 4.59. The molecule has 0 saturated carbocycles. The summed E-state index contributed by atoms with van der Waals surface area (Å²) in [7, 11) is 3.40. The van der Waals surface area contributed by atoms with Crippen LogP contribution in [0.5, 0.6) is 11.5 Å². The van der Waals surface area contributed by atoms with Crippen molar-refractivity contribution in [1.82, 2.24) is 5.32 Å². The summed E-state index contributed by atoms with van der Waals surface area (Å²) in [4.78, 5) is 0. The van der Waals surface area contributed by atoms with Crippen molar-refractivity contribution in [1.29, 1.82) is 0 Å². The predicted molar refractivity (Wildman–Crippen MR) is 69.0 cm³/mol. The van der Waals surface area contributed by atoms with Gasteiger partial charge in [0.05, 0.1) is 14.2 Å². The maximum atomic E-state index is 5.51.